The summed E-state index contributed by atoms with van der Waals surface area (Å²) in [6.07, 6.45) is 7.89. The van der Waals surface area contributed by atoms with Gasteiger partial charge in [0.05, 0.1) is 11.8 Å². The fraction of sp³-hybridized carbons (Fsp3) is 0.600. The molecule has 150 valence electrons. The summed E-state index contributed by atoms with van der Waals surface area (Å²) in [5.41, 5.74) is 4.44. The van der Waals surface area contributed by atoms with E-state index in [0.717, 1.165) is 30.0 Å². The van der Waals surface area contributed by atoms with Crippen molar-refractivity contribution in [3.8, 4) is 0 Å². The molecule has 0 aromatic heterocycles. The number of hydrogen-bond acceptors (Lipinski definition) is 3. The summed E-state index contributed by atoms with van der Waals surface area (Å²) in [6, 6.07) is 8.98. The number of nitrogens with one attached hydrogen (secondary N) is 1. The fourth-order valence-electron chi connectivity index (χ4n) is 5.65. The summed E-state index contributed by atoms with van der Waals surface area (Å²) in [7, 11) is 0. The van der Waals surface area contributed by atoms with E-state index in [-0.39, 0.29) is 29.4 Å². The molecular formula is C25H33NO2. The third-order valence-corrected chi connectivity index (χ3v) is 7.32. The van der Waals surface area contributed by atoms with Gasteiger partial charge < -0.3 is 5.32 Å². The van der Waals surface area contributed by atoms with Crippen molar-refractivity contribution in [1.82, 2.24) is 5.32 Å². The van der Waals surface area contributed by atoms with Crippen LogP contribution in [0.4, 0.5) is 0 Å². The molecule has 0 spiro atoms. The van der Waals surface area contributed by atoms with Gasteiger partial charge >= 0.3 is 0 Å². The van der Waals surface area contributed by atoms with E-state index in [1.54, 1.807) is 0 Å². The van der Waals surface area contributed by atoms with E-state index >= 15 is 0 Å². The SMILES string of the molecule is CCC1C(=O)C2=C(NC(CC3CCCC3)C2Cc2ccc(C)cc2)C(C)C1=O. The van der Waals surface area contributed by atoms with Crippen LogP contribution in [-0.4, -0.2) is 17.6 Å². The largest absolute Gasteiger partial charge is 0.384 e. The molecule has 1 fully saturated rings. The number of aryl methyl sites for hydroxylation is 1. The highest BCUT2D eigenvalue weighted by Gasteiger charge is 2.48. The molecule has 4 atom stereocenters. The van der Waals surface area contributed by atoms with Crippen LogP contribution in [-0.2, 0) is 16.0 Å². The Labute approximate surface area is 169 Å². The van der Waals surface area contributed by atoms with Crippen LogP contribution in [0.25, 0.3) is 0 Å². The van der Waals surface area contributed by atoms with Crippen molar-refractivity contribution in [2.45, 2.75) is 71.8 Å². The van der Waals surface area contributed by atoms with Crippen LogP contribution in [0.2, 0.25) is 0 Å². The average Bonchev–Trinajstić information content (AvgIpc) is 3.31. The maximum absolute atomic E-state index is 13.3. The van der Waals surface area contributed by atoms with Crippen LogP contribution in [0.15, 0.2) is 35.5 Å². The second kappa shape index (κ2) is 7.85. The Morgan fingerprint density at radius 1 is 1.07 bits per heavy atom. The molecule has 0 saturated heterocycles. The maximum atomic E-state index is 13.3. The minimum atomic E-state index is -0.443. The van der Waals surface area contributed by atoms with E-state index in [1.807, 2.05) is 13.8 Å². The van der Waals surface area contributed by atoms with Gasteiger partial charge in [0, 0.05) is 23.2 Å². The first-order valence-corrected chi connectivity index (χ1v) is 11.1. The second-order valence-electron chi connectivity index (χ2n) is 9.21. The number of ketones is 2. The molecule has 0 radical (unpaired) electrons. The number of allylic oxidation sites excluding steroid dienone is 1. The average molecular weight is 380 g/mol. The molecule has 3 aliphatic rings. The van der Waals surface area contributed by atoms with Crippen molar-refractivity contribution in [3.05, 3.63) is 46.7 Å². The van der Waals surface area contributed by atoms with Crippen LogP contribution in [0, 0.1) is 30.6 Å². The third kappa shape index (κ3) is 3.44. The first-order chi connectivity index (χ1) is 13.5. The number of benzene rings is 1. The van der Waals surface area contributed by atoms with Crippen LogP contribution in [0.3, 0.4) is 0 Å². The first kappa shape index (κ1) is 19.4. The Kier molecular flexibility index (Phi) is 5.44. The zero-order valence-electron chi connectivity index (χ0n) is 17.5. The molecule has 28 heavy (non-hydrogen) atoms. The minimum absolute atomic E-state index is 0.0964. The maximum Gasteiger partial charge on any atom is 0.171 e. The van der Waals surface area contributed by atoms with E-state index in [0.29, 0.717) is 6.42 Å². The zero-order valence-corrected chi connectivity index (χ0v) is 17.5. The van der Waals surface area contributed by atoms with E-state index in [2.05, 4.69) is 36.5 Å². The highest BCUT2D eigenvalue weighted by Crippen LogP contribution is 2.43. The predicted molar refractivity (Wildman–Crippen MR) is 112 cm³/mol. The van der Waals surface area contributed by atoms with Crippen LogP contribution in [0.1, 0.15) is 63.5 Å². The molecule has 1 aromatic carbocycles. The van der Waals surface area contributed by atoms with E-state index < -0.39 is 5.92 Å². The van der Waals surface area contributed by atoms with Gasteiger partial charge in [0.25, 0.3) is 0 Å². The number of hydrogen-bond donors (Lipinski definition) is 1. The summed E-state index contributed by atoms with van der Waals surface area (Å²) in [5.74, 6) is 0.527. The molecule has 1 heterocycles. The third-order valence-electron chi connectivity index (χ3n) is 7.32. The monoisotopic (exact) mass is 379 g/mol. The quantitative estimate of drug-likeness (QED) is 0.749. The van der Waals surface area contributed by atoms with Crippen LogP contribution >= 0.6 is 0 Å². The molecular weight excluding hydrogens is 346 g/mol. The lowest BCUT2D eigenvalue weighted by Crippen LogP contribution is -2.38. The van der Waals surface area contributed by atoms with E-state index in [4.69, 9.17) is 0 Å². The van der Waals surface area contributed by atoms with Crippen LogP contribution in [0.5, 0.6) is 0 Å². The second-order valence-corrected chi connectivity index (χ2v) is 9.21. The Hall–Kier alpha value is -1.90. The van der Waals surface area contributed by atoms with Crippen molar-refractivity contribution < 1.29 is 9.59 Å². The Bertz CT molecular complexity index is 785. The molecule has 0 bridgehead atoms. The van der Waals surface area contributed by atoms with E-state index in [1.165, 1.54) is 36.8 Å². The topological polar surface area (TPSA) is 46.2 Å². The molecule has 4 unspecified atom stereocenters. The van der Waals surface area contributed by atoms with Gasteiger partial charge in [-0.2, -0.15) is 0 Å². The Morgan fingerprint density at radius 3 is 2.39 bits per heavy atom. The van der Waals surface area contributed by atoms with Gasteiger partial charge in [0.1, 0.15) is 0 Å². The number of carbonyl (C=O) groups is 2. The van der Waals surface area contributed by atoms with Gasteiger partial charge in [0.15, 0.2) is 11.6 Å². The van der Waals surface area contributed by atoms with Gasteiger partial charge in [-0.25, -0.2) is 0 Å². The summed E-state index contributed by atoms with van der Waals surface area (Å²) in [4.78, 5) is 26.1. The van der Waals surface area contributed by atoms with Gasteiger partial charge in [-0.15, -0.1) is 0 Å². The highest BCUT2D eigenvalue weighted by atomic mass is 16.2. The first-order valence-electron chi connectivity index (χ1n) is 11.1. The summed E-state index contributed by atoms with van der Waals surface area (Å²) < 4.78 is 0. The lowest BCUT2D eigenvalue weighted by atomic mass is 9.73. The molecule has 0 amide bonds. The van der Waals surface area contributed by atoms with E-state index in [9.17, 15) is 9.59 Å². The lowest BCUT2D eigenvalue weighted by Gasteiger charge is -2.27. The molecule has 3 nitrogen and oxygen atoms in total. The molecule has 3 heteroatoms. The zero-order chi connectivity index (χ0) is 19.8. The Balaban J connectivity index is 1.66. The van der Waals surface area contributed by atoms with Crippen molar-refractivity contribution in [2.24, 2.45) is 23.7 Å². The van der Waals surface area contributed by atoms with Crippen molar-refractivity contribution in [2.75, 3.05) is 0 Å². The standard InChI is InChI=1S/C25H33NO2/c1-4-19-24(27)16(3)23-22(25(19)28)20(13-18-11-9-15(2)10-12-18)21(26-23)14-17-7-5-6-8-17/h9-12,16-17,19-21,26H,4-8,13-14H2,1-3H3. The van der Waals surface area contributed by atoms with Crippen LogP contribution < -0.4 is 5.32 Å². The number of rotatable bonds is 5. The summed E-state index contributed by atoms with van der Waals surface area (Å²) in [5, 5.41) is 3.69. The molecule has 2 aliphatic carbocycles. The lowest BCUT2D eigenvalue weighted by molar-refractivity contribution is -0.134. The van der Waals surface area contributed by atoms with Crippen molar-refractivity contribution in [3.63, 3.8) is 0 Å². The van der Waals surface area contributed by atoms with Gasteiger partial charge in [-0.05, 0) is 44.6 Å². The molecule has 1 aromatic rings. The van der Waals surface area contributed by atoms with Gasteiger partial charge in [0.2, 0.25) is 0 Å². The van der Waals surface area contributed by atoms with Crippen molar-refractivity contribution >= 4 is 11.6 Å². The van der Waals surface area contributed by atoms with Crippen molar-refractivity contribution in [1.29, 1.82) is 0 Å². The molecule has 1 aliphatic heterocycles. The highest BCUT2D eigenvalue weighted by molar-refractivity contribution is 6.15. The molecule has 1 N–H and O–H groups in total. The predicted octanol–water partition coefficient (Wildman–Crippen LogP) is 4.77. The normalized spacial score (nSPS) is 30.7. The minimum Gasteiger partial charge on any atom is -0.384 e. The Morgan fingerprint density at radius 2 is 1.75 bits per heavy atom. The summed E-state index contributed by atoms with van der Waals surface area (Å²) >= 11 is 0. The molecule has 1 saturated carbocycles. The number of carbonyl (C=O) groups excluding carboxylic acids is 2. The summed E-state index contributed by atoms with van der Waals surface area (Å²) in [6.45, 7) is 6.06. The van der Waals surface area contributed by atoms with Gasteiger partial charge in [-0.1, -0.05) is 62.4 Å². The number of Topliss-reactive ketones (excluding diaryl/α,β-unsaturated/α-hetero) is 2. The fourth-order valence-corrected chi connectivity index (χ4v) is 5.65. The smallest absolute Gasteiger partial charge is 0.171 e. The van der Waals surface area contributed by atoms with Gasteiger partial charge in [-0.3, -0.25) is 9.59 Å². The molecule has 4 rings (SSSR count).